The molecular formula is C12H11NO3. The third-order valence-corrected chi connectivity index (χ3v) is 2.98. The highest BCUT2D eigenvalue weighted by Gasteiger charge is 2.28. The van der Waals surface area contributed by atoms with E-state index in [0.29, 0.717) is 12.1 Å². The van der Waals surface area contributed by atoms with E-state index in [4.69, 9.17) is 9.47 Å². The summed E-state index contributed by atoms with van der Waals surface area (Å²) < 4.78 is 10.5. The van der Waals surface area contributed by atoms with E-state index in [-0.39, 0.29) is 18.6 Å². The number of ether oxygens (including phenoxy) is 2. The summed E-state index contributed by atoms with van der Waals surface area (Å²) in [4.78, 5) is 11.3. The van der Waals surface area contributed by atoms with Crippen molar-refractivity contribution in [1.82, 2.24) is 5.32 Å². The molecule has 0 radical (unpaired) electrons. The lowest BCUT2D eigenvalue weighted by Gasteiger charge is -2.09. The Morgan fingerprint density at radius 2 is 2.12 bits per heavy atom. The molecule has 2 aliphatic heterocycles. The van der Waals surface area contributed by atoms with Crippen LogP contribution < -0.4 is 14.8 Å². The van der Waals surface area contributed by atoms with Crippen molar-refractivity contribution >= 4 is 5.91 Å². The van der Waals surface area contributed by atoms with E-state index in [1.54, 1.807) is 0 Å². The molecule has 1 atom stereocenters. The highest BCUT2D eigenvalue weighted by atomic mass is 16.7. The smallest absolute Gasteiger partial charge is 0.247 e. The lowest BCUT2D eigenvalue weighted by molar-refractivity contribution is -0.116. The molecule has 0 spiro atoms. The van der Waals surface area contributed by atoms with Crippen LogP contribution in [0, 0.1) is 0 Å². The zero-order valence-corrected chi connectivity index (χ0v) is 8.66. The fourth-order valence-electron chi connectivity index (χ4n) is 2.04. The number of fused-ring (bicyclic) bond motifs is 1. The van der Waals surface area contributed by atoms with Crippen LogP contribution in [0.25, 0.3) is 0 Å². The SMILES string of the molecule is C=C1C(=O)NCC1c1ccc2c(c1)OCO2. The molecule has 16 heavy (non-hydrogen) atoms. The first kappa shape index (κ1) is 9.27. The van der Waals surface area contributed by atoms with Gasteiger partial charge in [-0.05, 0) is 17.7 Å². The first-order chi connectivity index (χ1) is 7.75. The van der Waals surface area contributed by atoms with Crippen molar-refractivity contribution in [2.75, 3.05) is 13.3 Å². The molecule has 4 heteroatoms. The summed E-state index contributed by atoms with van der Waals surface area (Å²) in [5.41, 5.74) is 1.64. The summed E-state index contributed by atoms with van der Waals surface area (Å²) in [6.07, 6.45) is 0. The Morgan fingerprint density at radius 3 is 2.88 bits per heavy atom. The van der Waals surface area contributed by atoms with E-state index in [9.17, 15) is 4.79 Å². The summed E-state index contributed by atoms with van der Waals surface area (Å²) in [5, 5.41) is 2.78. The third kappa shape index (κ3) is 1.26. The summed E-state index contributed by atoms with van der Waals surface area (Å²) in [7, 11) is 0. The molecular weight excluding hydrogens is 206 g/mol. The van der Waals surface area contributed by atoms with Crippen LogP contribution in [0.4, 0.5) is 0 Å². The van der Waals surface area contributed by atoms with Gasteiger partial charge in [0.25, 0.3) is 0 Å². The highest BCUT2D eigenvalue weighted by Crippen LogP contribution is 2.36. The number of carbonyl (C=O) groups excluding carboxylic acids is 1. The Hall–Kier alpha value is -1.97. The zero-order chi connectivity index (χ0) is 11.1. The Morgan fingerprint density at radius 1 is 1.31 bits per heavy atom. The Kier molecular flexibility index (Phi) is 1.89. The zero-order valence-electron chi connectivity index (χ0n) is 8.66. The first-order valence-electron chi connectivity index (χ1n) is 5.12. The number of nitrogens with one attached hydrogen (secondary N) is 1. The van der Waals surface area contributed by atoms with E-state index >= 15 is 0 Å². The van der Waals surface area contributed by atoms with Gasteiger partial charge in [0, 0.05) is 18.0 Å². The van der Waals surface area contributed by atoms with Crippen LogP contribution in [0.15, 0.2) is 30.4 Å². The van der Waals surface area contributed by atoms with Crippen molar-refractivity contribution in [3.05, 3.63) is 35.9 Å². The number of benzene rings is 1. The molecule has 0 saturated carbocycles. The van der Waals surface area contributed by atoms with Crippen molar-refractivity contribution in [3.8, 4) is 11.5 Å². The van der Waals surface area contributed by atoms with Gasteiger partial charge in [-0.3, -0.25) is 4.79 Å². The molecule has 0 bridgehead atoms. The van der Waals surface area contributed by atoms with Gasteiger partial charge in [-0.1, -0.05) is 12.6 Å². The largest absolute Gasteiger partial charge is 0.454 e. The van der Waals surface area contributed by atoms with E-state index in [1.807, 2.05) is 18.2 Å². The maximum atomic E-state index is 11.3. The summed E-state index contributed by atoms with van der Waals surface area (Å²) in [6.45, 7) is 4.68. The number of rotatable bonds is 1. The maximum absolute atomic E-state index is 11.3. The monoisotopic (exact) mass is 217 g/mol. The second kappa shape index (κ2) is 3.27. The second-order valence-corrected chi connectivity index (χ2v) is 3.90. The summed E-state index contributed by atoms with van der Waals surface area (Å²) in [6, 6.07) is 5.73. The predicted molar refractivity (Wildman–Crippen MR) is 57.5 cm³/mol. The molecule has 0 aromatic heterocycles. The average molecular weight is 217 g/mol. The second-order valence-electron chi connectivity index (χ2n) is 3.90. The minimum Gasteiger partial charge on any atom is -0.454 e. The van der Waals surface area contributed by atoms with Crippen LogP contribution in [-0.4, -0.2) is 19.2 Å². The van der Waals surface area contributed by atoms with Crippen molar-refractivity contribution in [3.63, 3.8) is 0 Å². The molecule has 82 valence electrons. The molecule has 3 rings (SSSR count). The topological polar surface area (TPSA) is 47.6 Å². The molecule has 4 nitrogen and oxygen atoms in total. The quantitative estimate of drug-likeness (QED) is 0.719. The molecule has 1 fully saturated rings. The number of amides is 1. The molecule has 1 unspecified atom stereocenters. The van der Waals surface area contributed by atoms with Crippen molar-refractivity contribution in [1.29, 1.82) is 0 Å². The summed E-state index contributed by atoms with van der Waals surface area (Å²) >= 11 is 0. The van der Waals surface area contributed by atoms with E-state index in [2.05, 4.69) is 11.9 Å². The van der Waals surface area contributed by atoms with Gasteiger partial charge < -0.3 is 14.8 Å². The Labute approximate surface area is 92.9 Å². The van der Waals surface area contributed by atoms with Crippen molar-refractivity contribution < 1.29 is 14.3 Å². The van der Waals surface area contributed by atoms with Gasteiger partial charge >= 0.3 is 0 Å². The Bertz CT molecular complexity index is 481. The fraction of sp³-hybridized carbons (Fsp3) is 0.250. The van der Waals surface area contributed by atoms with Crippen LogP contribution in [0.2, 0.25) is 0 Å². The standard InChI is InChI=1S/C12H11NO3/c1-7-9(5-13-12(7)14)8-2-3-10-11(4-8)16-6-15-10/h2-4,9H,1,5-6H2,(H,13,14). The normalized spacial score (nSPS) is 22.4. The number of hydrogen-bond acceptors (Lipinski definition) is 3. The van der Waals surface area contributed by atoms with Gasteiger partial charge in [0.05, 0.1) is 0 Å². The average Bonchev–Trinajstić information content (AvgIpc) is 2.86. The number of carbonyl (C=O) groups is 1. The van der Waals surface area contributed by atoms with E-state index in [0.717, 1.165) is 17.1 Å². The van der Waals surface area contributed by atoms with Gasteiger partial charge in [0.2, 0.25) is 12.7 Å². The third-order valence-electron chi connectivity index (χ3n) is 2.98. The molecule has 2 heterocycles. The molecule has 1 aromatic rings. The van der Waals surface area contributed by atoms with Crippen LogP contribution >= 0.6 is 0 Å². The molecule has 2 aliphatic rings. The predicted octanol–water partition coefficient (Wildman–Crippen LogP) is 1.18. The summed E-state index contributed by atoms with van der Waals surface area (Å²) in [5.74, 6) is 1.47. The maximum Gasteiger partial charge on any atom is 0.247 e. The lowest BCUT2D eigenvalue weighted by Crippen LogP contribution is -2.14. The molecule has 1 amide bonds. The van der Waals surface area contributed by atoms with Crippen molar-refractivity contribution in [2.24, 2.45) is 0 Å². The van der Waals surface area contributed by atoms with Gasteiger partial charge in [0.1, 0.15) is 0 Å². The highest BCUT2D eigenvalue weighted by molar-refractivity contribution is 5.97. The molecule has 1 aromatic carbocycles. The van der Waals surface area contributed by atoms with Gasteiger partial charge in [-0.15, -0.1) is 0 Å². The van der Waals surface area contributed by atoms with E-state index in [1.165, 1.54) is 0 Å². The van der Waals surface area contributed by atoms with E-state index < -0.39 is 0 Å². The van der Waals surface area contributed by atoms with Crippen LogP contribution in [0.1, 0.15) is 11.5 Å². The molecule has 1 N–H and O–H groups in total. The van der Waals surface area contributed by atoms with Gasteiger partial charge in [-0.2, -0.15) is 0 Å². The minimum atomic E-state index is -0.0670. The minimum absolute atomic E-state index is 0.0435. The van der Waals surface area contributed by atoms with Crippen molar-refractivity contribution in [2.45, 2.75) is 5.92 Å². The lowest BCUT2D eigenvalue weighted by atomic mass is 9.94. The Balaban J connectivity index is 1.96. The molecule has 0 aliphatic carbocycles. The fourth-order valence-corrected chi connectivity index (χ4v) is 2.04. The van der Waals surface area contributed by atoms with Crippen LogP contribution in [0.5, 0.6) is 11.5 Å². The van der Waals surface area contributed by atoms with Crippen LogP contribution in [-0.2, 0) is 4.79 Å². The number of hydrogen-bond donors (Lipinski definition) is 1. The molecule has 1 saturated heterocycles. The van der Waals surface area contributed by atoms with Gasteiger partial charge in [-0.25, -0.2) is 0 Å². The van der Waals surface area contributed by atoms with Gasteiger partial charge in [0.15, 0.2) is 11.5 Å². The van der Waals surface area contributed by atoms with Crippen LogP contribution in [0.3, 0.4) is 0 Å². The first-order valence-corrected chi connectivity index (χ1v) is 5.12.